The van der Waals surface area contributed by atoms with Crippen LogP contribution in [0.4, 0.5) is 0 Å². The molecule has 0 aromatic heterocycles. The third-order valence-electron chi connectivity index (χ3n) is 1.99. The molecule has 0 N–H and O–H groups in total. The fourth-order valence-electron chi connectivity index (χ4n) is 1.28. The molecule has 1 aromatic carbocycles. The lowest BCUT2D eigenvalue weighted by Crippen LogP contribution is -1.92. The highest BCUT2D eigenvalue weighted by Crippen LogP contribution is 2.12. The number of nitriles is 2. The summed E-state index contributed by atoms with van der Waals surface area (Å²) in [6.07, 6.45) is 1.29. The summed E-state index contributed by atoms with van der Waals surface area (Å²) >= 11 is 0. The highest BCUT2D eigenvalue weighted by molar-refractivity contribution is 5.39. The molecule has 13 heavy (non-hydrogen) atoms. The lowest BCUT2D eigenvalue weighted by Gasteiger charge is -2.03. The van der Waals surface area contributed by atoms with Crippen LogP contribution in [0.15, 0.2) is 18.2 Å². The maximum absolute atomic E-state index is 8.66. The molecule has 2 heteroatoms. The molecule has 0 saturated heterocycles. The second kappa shape index (κ2) is 4.28. The first-order chi connectivity index (χ1) is 6.31. The van der Waals surface area contributed by atoms with Crippen LogP contribution in [0.1, 0.15) is 23.6 Å². The molecule has 0 saturated carbocycles. The quantitative estimate of drug-likeness (QED) is 0.683. The summed E-state index contributed by atoms with van der Waals surface area (Å²) in [4.78, 5) is 0. The van der Waals surface area contributed by atoms with Crippen molar-refractivity contribution in [3.63, 3.8) is 0 Å². The molecular formula is C11H10N2. The van der Waals surface area contributed by atoms with Gasteiger partial charge in [-0.2, -0.15) is 10.5 Å². The van der Waals surface area contributed by atoms with Crippen LogP contribution in [-0.4, -0.2) is 0 Å². The van der Waals surface area contributed by atoms with E-state index in [1.807, 2.05) is 19.1 Å². The normalized spacial score (nSPS) is 8.85. The van der Waals surface area contributed by atoms with E-state index >= 15 is 0 Å². The molecule has 2 nitrogen and oxygen atoms in total. The minimum atomic E-state index is 0.425. The predicted molar refractivity (Wildman–Crippen MR) is 49.9 cm³/mol. The minimum Gasteiger partial charge on any atom is -0.198 e. The molecular weight excluding hydrogens is 160 g/mol. The Kier molecular flexibility index (Phi) is 3.06. The second-order valence-electron chi connectivity index (χ2n) is 2.78. The average molecular weight is 170 g/mol. The van der Waals surface area contributed by atoms with Crippen LogP contribution in [0, 0.1) is 22.7 Å². The summed E-state index contributed by atoms with van der Waals surface area (Å²) < 4.78 is 0. The molecule has 0 aliphatic rings. The molecule has 0 bridgehead atoms. The van der Waals surface area contributed by atoms with Crippen LogP contribution in [0.2, 0.25) is 0 Å². The van der Waals surface area contributed by atoms with Crippen molar-refractivity contribution in [1.82, 2.24) is 0 Å². The first kappa shape index (κ1) is 9.29. The summed E-state index contributed by atoms with van der Waals surface area (Å²) in [5, 5.41) is 17.2. The molecule has 0 unspecified atom stereocenters. The van der Waals surface area contributed by atoms with Crippen LogP contribution in [0.3, 0.4) is 0 Å². The highest BCUT2D eigenvalue weighted by Gasteiger charge is 2.01. The molecule has 0 heterocycles. The Labute approximate surface area is 78.0 Å². The molecule has 64 valence electrons. The molecule has 0 spiro atoms. The van der Waals surface area contributed by atoms with E-state index in [0.717, 1.165) is 17.5 Å². The Balaban J connectivity index is 3.11. The predicted octanol–water partition coefficient (Wildman–Crippen LogP) is 2.19. The minimum absolute atomic E-state index is 0.425. The van der Waals surface area contributed by atoms with Gasteiger partial charge in [0.25, 0.3) is 0 Å². The van der Waals surface area contributed by atoms with Crippen LogP contribution in [-0.2, 0) is 12.8 Å². The van der Waals surface area contributed by atoms with Crippen LogP contribution < -0.4 is 0 Å². The van der Waals surface area contributed by atoms with Crippen LogP contribution in [0.25, 0.3) is 0 Å². The standard InChI is InChI=1S/C11H10N2/c1-2-10-7-9(8-13)3-4-11(10)5-6-12/h3-4,7H,2,5H2,1H3. The zero-order chi connectivity index (χ0) is 9.68. The average Bonchev–Trinajstić information content (AvgIpc) is 2.19. The third kappa shape index (κ3) is 2.07. The monoisotopic (exact) mass is 170 g/mol. The molecule has 0 fully saturated rings. The fourth-order valence-corrected chi connectivity index (χ4v) is 1.28. The molecule has 0 amide bonds. The molecule has 1 aromatic rings. The van der Waals surface area contributed by atoms with Gasteiger partial charge in [0.15, 0.2) is 0 Å². The van der Waals surface area contributed by atoms with Gasteiger partial charge in [-0.05, 0) is 29.7 Å². The summed E-state index contributed by atoms with van der Waals surface area (Å²) in [5.41, 5.74) is 2.79. The first-order valence-electron chi connectivity index (χ1n) is 4.20. The Morgan fingerprint density at radius 2 is 2.00 bits per heavy atom. The van der Waals surface area contributed by atoms with Crippen molar-refractivity contribution in [3.8, 4) is 12.1 Å². The highest BCUT2D eigenvalue weighted by atomic mass is 14.2. The van der Waals surface area contributed by atoms with E-state index in [4.69, 9.17) is 10.5 Å². The van der Waals surface area contributed by atoms with E-state index in [0.29, 0.717) is 12.0 Å². The topological polar surface area (TPSA) is 47.6 Å². The number of hydrogen-bond acceptors (Lipinski definition) is 2. The van der Waals surface area contributed by atoms with Gasteiger partial charge in [0.05, 0.1) is 24.1 Å². The van der Waals surface area contributed by atoms with Crippen molar-refractivity contribution >= 4 is 0 Å². The number of rotatable bonds is 2. The SMILES string of the molecule is CCc1cc(C#N)ccc1CC#N. The van der Waals surface area contributed by atoms with Gasteiger partial charge in [0, 0.05) is 0 Å². The first-order valence-corrected chi connectivity index (χ1v) is 4.20. The van der Waals surface area contributed by atoms with E-state index in [-0.39, 0.29) is 0 Å². The molecule has 1 rings (SSSR count). The van der Waals surface area contributed by atoms with Crippen molar-refractivity contribution in [1.29, 1.82) is 10.5 Å². The summed E-state index contributed by atoms with van der Waals surface area (Å²) in [5.74, 6) is 0. The largest absolute Gasteiger partial charge is 0.198 e. The van der Waals surface area contributed by atoms with Gasteiger partial charge in [-0.3, -0.25) is 0 Å². The Hall–Kier alpha value is -1.80. The zero-order valence-electron chi connectivity index (χ0n) is 7.54. The molecule has 0 radical (unpaired) electrons. The van der Waals surface area contributed by atoms with Crippen molar-refractivity contribution in [2.24, 2.45) is 0 Å². The maximum Gasteiger partial charge on any atom is 0.0991 e. The van der Waals surface area contributed by atoms with E-state index in [2.05, 4.69) is 12.1 Å². The molecule has 0 aliphatic heterocycles. The van der Waals surface area contributed by atoms with Gasteiger partial charge >= 0.3 is 0 Å². The second-order valence-corrected chi connectivity index (χ2v) is 2.78. The number of benzene rings is 1. The van der Waals surface area contributed by atoms with Crippen LogP contribution in [0.5, 0.6) is 0 Å². The molecule has 0 aliphatic carbocycles. The van der Waals surface area contributed by atoms with Crippen LogP contribution >= 0.6 is 0 Å². The number of hydrogen-bond donors (Lipinski definition) is 0. The smallest absolute Gasteiger partial charge is 0.0991 e. The Morgan fingerprint density at radius 1 is 1.23 bits per heavy atom. The lowest BCUT2D eigenvalue weighted by molar-refractivity contribution is 1.08. The summed E-state index contributed by atoms with van der Waals surface area (Å²) in [6, 6.07) is 9.67. The molecule has 0 atom stereocenters. The summed E-state index contributed by atoms with van der Waals surface area (Å²) in [7, 11) is 0. The van der Waals surface area contributed by atoms with Gasteiger partial charge in [-0.1, -0.05) is 13.0 Å². The van der Waals surface area contributed by atoms with Gasteiger partial charge in [0.2, 0.25) is 0 Å². The fraction of sp³-hybridized carbons (Fsp3) is 0.273. The van der Waals surface area contributed by atoms with Crippen molar-refractivity contribution in [3.05, 3.63) is 34.9 Å². The van der Waals surface area contributed by atoms with Gasteiger partial charge in [0.1, 0.15) is 0 Å². The van der Waals surface area contributed by atoms with E-state index in [1.54, 1.807) is 6.07 Å². The maximum atomic E-state index is 8.66. The van der Waals surface area contributed by atoms with Crippen molar-refractivity contribution < 1.29 is 0 Å². The third-order valence-corrected chi connectivity index (χ3v) is 1.99. The van der Waals surface area contributed by atoms with E-state index in [9.17, 15) is 0 Å². The van der Waals surface area contributed by atoms with E-state index < -0.39 is 0 Å². The summed E-state index contributed by atoms with van der Waals surface area (Å²) in [6.45, 7) is 2.03. The van der Waals surface area contributed by atoms with Gasteiger partial charge < -0.3 is 0 Å². The lowest BCUT2D eigenvalue weighted by atomic mass is 10.0. The Morgan fingerprint density at radius 3 is 2.54 bits per heavy atom. The van der Waals surface area contributed by atoms with E-state index in [1.165, 1.54) is 0 Å². The van der Waals surface area contributed by atoms with Gasteiger partial charge in [-0.25, -0.2) is 0 Å². The van der Waals surface area contributed by atoms with Gasteiger partial charge in [-0.15, -0.1) is 0 Å². The van der Waals surface area contributed by atoms with Crippen molar-refractivity contribution in [2.75, 3.05) is 0 Å². The van der Waals surface area contributed by atoms with Crippen molar-refractivity contribution in [2.45, 2.75) is 19.8 Å². The number of aryl methyl sites for hydroxylation is 1. The zero-order valence-corrected chi connectivity index (χ0v) is 7.54. The Bertz CT molecular complexity index is 380. The number of nitrogens with zero attached hydrogens (tertiary/aromatic N) is 2.